The molecule has 382 valence electrons. The standard InChI is InChI=1S/C62H68B3N4O4.Pt/c1-58(2,3)42-32-33-66-56(37-42)69-52-27-17-16-24-49(52)50-31-30-47(39-55(50)69)70-46-23-20-22-45(38-46)67-40-68(54-29-19-18-28-53(54)67)57-48(41-34-43(59(4,5)6)36-44(35-41)60(7,8)9)25-21-26-51(57)63-71-64(61(10,11)12)73-65(72-63)62(13,14)15;/h16-37,40H,1-15H3;/q-3;. The van der Waals surface area contributed by atoms with Gasteiger partial charge in [-0.3, -0.25) is 0 Å². The summed E-state index contributed by atoms with van der Waals surface area (Å²) < 4.78 is 29.4. The molecule has 4 heterocycles. The molecule has 10 rings (SSSR count). The maximum absolute atomic E-state index is 6.95. The number of benzene rings is 6. The van der Waals surface area contributed by atoms with Crippen molar-refractivity contribution in [3.05, 3.63) is 169 Å². The Kier molecular flexibility index (Phi) is 14.1. The van der Waals surface area contributed by atoms with Crippen LogP contribution in [-0.4, -0.2) is 30.9 Å². The maximum Gasteiger partial charge on any atom is 0.468 e. The Morgan fingerprint density at radius 1 is 0.541 bits per heavy atom. The Bertz CT molecular complexity index is 3320. The molecule has 8 aromatic rings. The van der Waals surface area contributed by atoms with E-state index in [-0.39, 0.29) is 47.9 Å². The number of ether oxygens (including phenoxy) is 1. The second-order valence-corrected chi connectivity index (χ2v) is 25.1. The van der Waals surface area contributed by atoms with Crippen LogP contribution in [0.3, 0.4) is 0 Å². The van der Waals surface area contributed by atoms with Gasteiger partial charge in [0.1, 0.15) is 5.82 Å². The van der Waals surface area contributed by atoms with E-state index >= 15 is 0 Å². The van der Waals surface area contributed by atoms with E-state index in [1.54, 1.807) is 0 Å². The molecule has 2 aromatic heterocycles. The summed E-state index contributed by atoms with van der Waals surface area (Å²) in [5.74, 6) is 1.98. The monoisotopic (exact) mass is 1160 g/mol. The van der Waals surface area contributed by atoms with Gasteiger partial charge in [-0.2, -0.15) is 12.1 Å². The molecule has 0 bridgehead atoms. The number of para-hydroxylation sites is 4. The Balaban J connectivity index is 0.00000672. The van der Waals surface area contributed by atoms with Crippen molar-refractivity contribution >= 4 is 71.4 Å². The van der Waals surface area contributed by atoms with Crippen LogP contribution in [0, 0.1) is 18.8 Å². The summed E-state index contributed by atoms with van der Waals surface area (Å²) >= 11 is 0. The SMILES string of the molecule is CC(C)(C)B1OB(c2cccc(-c3cc(C(C)(C)C)cc(C(C)(C)C)c3)c2N2[CH-]N(c3[c-]c(Oc4[c-]c5c(cc4)c4ccccc4n5-c4cc(C(C)(C)C)ccn4)ccc3)c3ccccc32)OB(C(C)(C)C)O1.[Pt]. The van der Waals surface area contributed by atoms with Crippen LogP contribution in [0.15, 0.2) is 134 Å². The smallest absolute Gasteiger partial charge is 0.468 e. The molecule has 74 heavy (non-hydrogen) atoms. The van der Waals surface area contributed by atoms with Gasteiger partial charge in [-0.05, 0) is 84.8 Å². The predicted octanol–water partition coefficient (Wildman–Crippen LogP) is 15.9. The molecule has 0 radical (unpaired) electrons. The fraction of sp³-hybridized carbons (Fsp3) is 0.323. The molecular formula is C62H68B3N4O4Pt-3. The summed E-state index contributed by atoms with van der Waals surface area (Å²) in [6.45, 7) is 35.5. The number of hydrogen-bond acceptors (Lipinski definition) is 7. The van der Waals surface area contributed by atoms with Crippen molar-refractivity contribution in [1.29, 1.82) is 0 Å². The molecule has 0 spiro atoms. The van der Waals surface area contributed by atoms with Crippen molar-refractivity contribution in [2.24, 2.45) is 0 Å². The Hall–Kier alpha value is -5.57. The van der Waals surface area contributed by atoms with Crippen LogP contribution >= 0.6 is 0 Å². The van der Waals surface area contributed by atoms with E-state index in [2.05, 4.69) is 246 Å². The number of pyridine rings is 1. The van der Waals surface area contributed by atoms with Crippen molar-refractivity contribution in [2.45, 2.75) is 131 Å². The second kappa shape index (κ2) is 19.5. The number of rotatable bonds is 7. The molecule has 8 nitrogen and oxygen atoms in total. The topological polar surface area (TPSA) is 61.2 Å². The van der Waals surface area contributed by atoms with E-state index in [4.69, 9.17) is 23.4 Å². The number of fused-ring (bicyclic) bond motifs is 4. The molecule has 0 N–H and O–H groups in total. The van der Waals surface area contributed by atoms with Gasteiger partial charge in [0.25, 0.3) is 0 Å². The molecular weight excluding hydrogens is 1090 g/mol. The minimum Gasteiger partial charge on any atom is -0.509 e. The van der Waals surface area contributed by atoms with E-state index < -0.39 is 21.4 Å². The van der Waals surface area contributed by atoms with Crippen LogP contribution in [0.5, 0.6) is 11.5 Å². The molecule has 12 heteroatoms. The predicted molar refractivity (Wildman–Crippen MR) is 305 cm³/mol. The van der Waals surface area contributed by atoms with Crippen LogP contribution in [0.1, 0.15) is 121 Å². The zero-order chi connectivity index (χ0) is 52.0. The van der Waals surface area contributed by atoms with E-state index in [0.29, 0.717) is 11.5 Å². The third kappa shape index (κ3) is 10.4. The number of anilines is 4. The largest absolute Gasteiger partial charge is 0.509 e. The van der Waals surface area contributed by atoms with E-state index in [1.807, 2.05) is 24.4 Å². The summed E-state index contributed by atoms with van der Waals surface area (Å²) in [6.07, 6.45) is 1.90. The minimum absolute atomic E-state index is 0. The van der Waals surface area contributed by atoms with Crippen LogP contribution in [-0.2, 0) is 51.0 Å². The number of hydrogen-bond donors (Lipinski definition) is 0. The van der Waals surface area contributed by atoms with Crippen LogP contribution in [0.4, 0.5) is 22.7 Å². The molecule has 6 aromatic carbocycles. The average Bonchev–Trinajstić information content (AvgIpc) is 3.88. The first-order valence-electron chi connectivity index (χ1n) is 25.7. The molecule has 2 aliphatic heterocycles. The van der Waals surface area contributed by atoms with Crippen molar-refractivity contribution in [3.8, 4) is 28.4 Å². The zero-order valence-electron chi connectivity index (χ0n) is 45.7. The summed E-state index contributed by atoms with van der Waals surface area (Å²) in [5, 5.41) is 1.56. The van der Waals surface area contributed by atoms with Gasteiger partial charge < -0.3 is 32.8 Å². The Labute approximate surface area is 455 Å². The summed E-state index contributed by atoms with van der Waals surface area (Å²) in [4.78, 5) is 9.37. The molecule has 0 unspecified atom stereocenters. The first-order chi connectivity index (χ1) is 34.3. The molecule has 2 aliphatic rings. The van der Waals surface area contributed by atoms with Crippen molar-refractivity contribution in [1.82, 2.24) is 9.55 Å². The minimum atomic E-state index is -0.742. The van der Waals surface area contributed by atoms with Gasteiger partial charge in [0.2, 0.25) is 0 Å². The quantitative estimate of drug-likeness (QED) is 0.116. The number of aromatic nitrogens is 2. The van der Waals surface area contributed by atoms with Gasteiger partial charge in [0.05, 0.1) is 0 Å². The van der Waals surface area contributed by atoms with Crippen LogP contribution in [0.25, 0.3) is 38.8 Å². The summed E-state index contributed by atoms with van der Waals surface area (Å²) in [6, 6.07) is 52.3. The average molecular weight is 1160 g/mol. The Morgan fingerprint density at radius 3 is 1.77 bits per heavy atom. The molecule has 0 aliphatic carbocycles. The molecule has 1 fully saturated rings. The van der Waals surface area contributed by atoms with E-state index in [0.717, 1.165) is 67.0 Å². The summed E-state index contributed by atoms with van der Waals surface area (Å²) in [5.41, 5.74) is 12.3. The molecule has 0 saturated carbocycles. The molecule has 0 amide bonds. The van der Waals surface area contributed by atoms with Crippen molar-refractivity contribution in [3.63, 3.8) is 0 Å². The first-order valence-corrected chi connectivity index (χ1v) is 25.7. The van der Waals surface area contributed by atoms with Gasteiger partial charge in [0, 0.05) is 72.4 Å². The van der Waals surface area contributed by atoms with E-state index in [1.165, 1.54) is 16.7 Å². The number of nitrogens with zero attached hydrogens (tertiary/aromatic N) is 4. The van der Waals surface area contributed by atoms with Gasteiger partial charge in [-0.1, -0.05) is 176 Å². The first kappa shape index (κ1) is 53.3. The van der Waals surface area contributed by atoms with Crippen LogP contribution in [0.2, 0.25) is 10.6 Å². The third-order valence-corrected chi connectivity index (χ3v) is 14.0. The van der Waals surface area contributed by atoms with Crippen LogP contribution < -0.4 is 20.0 Å². The fourth-order valence-corrected chi connectivity index (χ4v) is 9.71. The maximum atomic E-state index is 6.95. The van der Waals surface area contributed by atoms with E-state index in [9.17, 15) is 0 Å². The van der Waals surface area contributed by atoms with Gasteiger partial charge in [0.15, 0.2) is 0 Å². The van der Waals surface area contributed by atoms with Crippen molar-refractivity contribution < 1.29 is 39.5 Å². The van der Waals surface area contributed by atoms with Gasteiger partial charge in [-0.15, -0.1) is 48.1 Å². The second-order valence-electron chi connectivity index (χ2n) is 25.1. The molecule has 0 atom stereocenters. The summed E-state index contributed by atoms with van der Waals surface area (Å²) in [7, 11) is -1.79. The third-order valence-electron chi connectivity index (χ3n) is 14.0. The fourth-order valence-electron chi connectivity index (χ4n) is 9.71. The molecule has 1 saturated heterocycles. The van der Waals surface area contributed by atoms with Crippen molar-refractivity contribution in [2.75, 3.05) is 9.80 Å². The van der Waals surface area contributed by atoms with Gasteiger partial charge in [-0.25, -0.2) is 4.98 Å². The van der Waals surface area contributed by atoms with Gasteiger partial charge >= 0.3 is 21.4 Å². The Morgan fingerprint density at radius 2 is 1.14 bits per heavy atom. The zero-order valence-corrected chi connectivity index (χ0v) is 48.0. The normalized spacial score (nSPS) is 14.8.